The lowest BCUT2D eigenvalue weighted by molar-refractivity contribution is 0.216. The van der Waals surface area contributed by atoms with Crippen LogP contribution in [0.4, 0.5) is 0 Å². The maximum Gasteiger partial charge on any atom is 0.322 e. The van der Waals surface area contributed by atoms with E-state index in [1.54, 1.807) is 0 Å². The van der Waals surface area contributed by atoms with Crippen LogP contribution < -0.4 is 0 Å². The van der Waals surface area contributed by atoms with E-state index in [1.165, 1.54) is 13.5 Å². The van der Waals surface area contributed by atoms with Crippen molar-refractivity contribution < 1.29 is 15.5 Å². The second-order valence-corrected chi connectivity index (χ2v) is 5.61. The van der Waals surface area contributed by atoms with Crippen molar-refractivity contribution >= 4 is 14.9 Å². The summed E-state index contributed by atoms with van der Waals surface area (Å²) in [5.74, 6) is 0. The summed E-state index contributed by atoms with van der Waals surface area (Å²) < 4.78 is 26.5. The Labute approximate surface area is 122 Å². The summed E-state index contributed by atoms with van der Waals surface area (Å²) in [6.45, 7) is 12.1. The molecule has 6 heteroatoms. The Kier molecular flexibility index (Phi) is 12.6. The van der Waals surface area contributed by atoms with Gasteiger partial charge in [0.05, 0.1) is 6.61 Å². The average molecular weight is 297 g/mol. The van der Waals surface area contributed by atoms with E-state index in [9.17, 15) is 0 Å². The first-order valence-electron chi connectivity index (χ1n) is 7.72. The molecule has 116 valence electrons. The number of nitrogens with zero attached hydrogens (tertiary/aromatic N) is 2. The third-order valence-electron chi connectivity index (χ3n) is 1.99. The number of aliphatic hydroxyl groups is 1. The maximum atomic E-state index is 7.14. The van der Waals surface area contributed by atoms with Gasteiger partial charge in [0.1, 0.15) is 0 Å². The first-order chi connectivity index (χ1) is 9.95. The number of aliphatic imine (C=N–C) groups is 1. The molecule has 0 aliphatic rings. The largest absolute Gasteiger partial charge is 0.425 e. The zero-order valence-electron chi connectivity index (χ0n) is 15.1. The van der Waals surface area contributed by atoms with Gasteiger partial charge in [0.15, 0.2) is 6.40 Å². The van der Waals surface area contributed by atoms with Gasteiger partial charge < -0.3 is 14.2 Å². The summed E-state index contributed by atoms with van der Waals surface area (Å²) in [5, 5.41) is 3.50. The summed E-state index contributed by atoms with van der Waals surface area (Å²) in [7, 11) is 0.166. The number of rotatable bonds is 9. The number of hydrogen-bond acceptors (Lipinski definition) is 5. The molecule has 1 unspecified atom stereocenters. The highest BCUT2D eigenvalue weighted by Gasteiger charge is 2.27. The topological polar surface area (TPSA) is 54.3 Å². The van der Waals surface area contributed by atoms with Crippen LogP contribution in [-0.4, -0.2) is 50.0 Å². The first-order valence-corrected chi connectivity index (χ1v) is 7.74. The summed E-state index contributed by atoms with van der Waals surface area (Å²) in [6, 6.07) is 0.698. The van der Waals surface area contributed by atoms with Crippen LogP contribution >= 0.6 is 8.53 Å². The minimum absolute atomic E-state index is 0.349. The van der Waals surface area contributed by atoms with Crippen LogP contribution in [0.5, 0.6) is 0 Å². The second kappa shape index (κ2) is 14.2. The molecule has 0 bridgehead atoms. The highest BCUT2D eigenvalue weighted by atomic mass is 31.2. The lowest BCUT2D eigenvalue weighted by Gasteiger charge is -2.34. The fraction of sp³-hybridized carbons (Fsp3) is 0.923. The van der Waals surface area contributed by atoms with E-state index in [0.717, 1.165) is 6.42 Å². The molecule has 5 nitrogen and oxygen atoms in total. The molecule has 1 atom stereocenters. The van der Waals surface area contributed by atoms with Crippen LogP contribution in [0.2, 0.25) is 0 Å². The SMILES string of the molecule is [2H]CCCOP(OC=NCC)N(C(C)C)C(C)C.[3H]OC. The number of hydrogen-bond donors (Lipinski definition) is 1. The Morgan fingerprint density at radius 1 is 1.47 bits per heavy atom. The predicted molar refractivity (Wildman–Crippen MR) is 83.5 cm³/mol. The molecule has 0 heterocycles. The van der Waals surface area contributed by atoms with E-state index in [4.69, 9.17) is 11.8 Å². The molecule has 0 radical (unpaired) electrons. The molecule has 0 aliphatic heterocycles. The molecule has 19 heavy (non-hydrogen) atoms. The molecule has 0 saturated heterocycles. The van der Waals surface area contributed by atoms with Gasteiger partial charge >= 0.3 is 8.53 Å². The van der Waals surface area contributed by atoms with Crippen molar-refractivity contribution in [2.45, 2.75) is 60.0 Å². The summed E-state index contributed by atoms with van der Waals surface area (Å²) >= 11 is 0. The quantitative estimate of drug-likeness (QED) is 0.306. The Balaban J connectivity index is 0. The fourth-order valence-corrected chi connectivity index (χ4v) is 2.91. The highest BCUT2D eigenvalue weighted by molar-refractivity contribution is 7.45. The minimum Gasteiger partial charge on any atom is -0.425 e. The third kappa shape index (κ3) is 10.3. The first kappa shape index (κ1) is 16.8. The number of aliphatic hydroxyl groups excluding tert-OH is 1. The van der Waals surface area contributed by atoms with Gasteiger partial charge in [-0.25, -0.2) is 4.67 Å². The normalized spacial score (nSPS) is 14.4. The molecular weight excluding hydrogens is 263 g/mol. The molecule has 0 aromatic heterocycles. The van der Waals surface area contributed by atoms with Crippen LogP contribution in [0.25, 0.3) is 0 Å². The molecular formula is C13H31N2O3P. The zero-order valence-corrected chi connectivity index (χ0v) is 14.0. The molecule has 1 N–H and O–H groups in total. The van der Waals surface area contributed by atoms with Crippen LogP contribution in [0.3, 0.4) is 0 Å². The van der Waals surface area contributed by atoms with E-state index >= 15 is 0 Å². The van der Waals surface area contributed by atoms with Gasteiger partial charge in [0.25, 0.3) is 0 Å². The maximum absolute atomic E-state index is 7.14. The molecule has 0 aromatic rings. The Hall–Kier alpha value is -0.220. The molecule has 0 spiro atoms. The van der Waals surface area contributed by atoms with Crippen molar-refractivity contribution in [3.63, 3.8) is 0 Å². The summed E-state index contributed by atoms with van der Waals surface area (Å²) in [6.07, 6.45) is 2.22. The molecule has 0 fully saturated rings. The molecule has 0 aromatic carbocycles. The smallest absolute Gasteiger partial charge is 0.322 e. The van der Waals surface area contributed by atoms with Gasteiger partial charge in [-0.15, -0.1) is 0 Å². The average Bonchev–Trinajstić information content (AvgIpc) is 2.39. The lowest BCUT2D eigenvalue weighted by atomic mass is 10.3. The van der Waals surface area contributed by atoms with E-state index in [2.05, 4.69) is 42.5 Å². The van der Waals surface area contributed by atoms with Crippen LogP contribution in [0, 0.1) is 0 Å². The molecule has 0 rings (SSSR count). The van der Waals surface area contributed by atoms with Crippen LogP contribution in [0.1, 0.15) is 49.3 Å². The minimum atomic E-state index is -1.13. The third-order valence-corrected chi connectivity index (χ3v) is 3.97. The Morgan fingerprint density at radius 3 is 2.47 bits per heavy atom. The molecule has 0 aliphatic carbocycles. The zero-order chi connectivity index (χ0) is 16.7. The summed E-state index contributed by atoms with van der Waals surface area (Å²) in [4.78, 5) is 4.07. The van der Waals surface area contributed by atoms with Crippen molar-refractivity contribution in [2.24, 2.45) is 4.99 Å². The van der Waals surface area contributed by atoms with Crippen molar-refractivity contribution in [3.8, 4) is 0 Å². The van der Waals surface area contributed by atoms with Crippen LogP contribution in [-0.2, 0) is 9.05 Å². The van der Waals surface area contributed by atoms with Crippen molar-refractivity contribution in [2.75, 3.05) is 20.3 Å². The van der Waals surface area contributed by atoms with E-state index in [-0.39, 0.29) is 0 Å². The lowest BCUT2D eigenvalue weighted by Crippen LogP contribution is -2.33. The van der Waals surface area contributed by atoms with Gasteiger partial charge in [0, 0.05) is 27.1 Å². The standard InChI is InChI=1S/C12H27N2O2P.CH4O/c1-7-9-15-17(16-10-13-8-2)14(11(3)4)12(5)6;1-2/h10-12H,7-9H2,1-6H3;2H,1H3/i1D;2T. The van der Waals surface area contributed by atoms with Crippen molar-refractivity contribution in [1.29, 1.82) is 1.43 Å². The summed E-state index contributed by atoms with van der Waals surface area (Å²) in [5.41, 5.74) is 0. The Morgan fingerprint density at radius 2 is 2.05 bits per heavy atom. The molecule has 0 amide bonds. The monoisotopic (exact) mass is 297 g/mol. The van der Waals surface area contributed by atoms with Crippen LogP contribution in [0.15, 0.2) is 4.99 Å². The van der Waals surface area contributed by atoms with Crippen molar-refractivity contribution in [1.82, 2.24) is 4.67 Å². The van der Waals surface area contributed by atoms with Gasteiger partial charge in [-0.05, 0) is 41.0 Å². The van der Waals surface area contributed by atoms with E-state index < -0.39 is 8.53 Å². The predicted octanol–water partition coefficient (Wildman–Crippen LogP) is 3.43. The molecule has 0 saturated carbocycles. The van der Waals surface area contributed by atoms with Gasteiger partial charge in [-0.1, -0.05) is 6.90 Å². The van der Waals surface area contributed by atoms with Crippen molar-refractivity contribution in [3.05, 3.63) is 0 Å². The fourth-order valence-electron chi connectivity index (χ4n) is 1.42. The second-order valence-electron chi connectivity index (χ2n) is 4.20. The van der Waals surface area contributed by atoms with Gasteiger partial charge in [0.2, 0.25) is 1.43 Å². The van der Waals surface area contributed by atoms with Gasteiger partial charge in [-0.3, -0.25) is 4.99 Å². The highest BCUT2D eigenvalue weighted by Crippen LogP contribution is 2.45. The van der Waals surface area contributed by atoms with Gasteiger partial charge in [-0.2, -0.15) is 0 Å². The van der Waals surface area contributed by atoms with E-state index in [1.807, 2.05) is 6.92 Å². The van der Waals surface area contributed by atoms with E-state index in [0.29, 0.717) is 32.1 Å². The Bertz CT molecular complexity index is 239.